The van der Waals surface area contributed by atoms with Crippen molar-refractivity contribution in [1.82, 2.24) is 4.98 Å². The first-order valence-electron chi connectivity index (χ1n) is 6.87. The molecular weight excluding hydrogens is 244 g/mol. The van der Waals surface area contributed by atoms with Crippen molar-refractivity contribution >= 4 is 22.8 Å². The first kappa shape index (κ1) is 13.5. The molecule has 2 heterocycles. The number of piperidine rings is 1. The molecule has 2 unspecified atom stereocenters. The van der Waals surface area contributed by atoms with Crippen LogP contribution >= 0.6 is 11.3 Å². The number of hydrogen-bond donors (Lipinski definition) is 0. The van der Waals surface area contributed by atoms with Gasteiger partial charge in [0, 0.05) is 12.6 Å². The van der Waals surface area contributed by atoms with Gasteiger partial charge in [-0.25, -0.2) is 4.98 Å². The summed E-state index contributed by atoms with van der Waals surface area (Å²) >= 11 is 1.56. The van der Waals surface area contributed by atoms with E-state index in [9.17, 15) is 4.79 Å². The molecule has 0 bridgehead atoms. The first-order valence-corrected chi connectivity index (χ1v) is 7.68. The molecule has 2 rings (SSSR count). The number of aldehydes is 1. The van der Waals surface area contributed by atoms with E-state index in [1.54, 1.807) is 11.3 Å². The summed E-state index contributed by atoms with van der Waals surface area (Å²) in [7, 11) is 0. The Labute approximate surface area is 113 Å². The molecule has 1 aliphatic rings. The molecule has 18 heavy (non-hydrogen) atoms. The van der Waals surface area contributed by atoms with Crippen molar-refractivity contribution in [1.29, 1.82) is 0 Å². The fourth-order valence-corrected chi connectivity index (χ4v) is 3.73. The number of carbonyl (C=O) groups excluding carboxylic acids is 1. The van der Waals surface area contributed by atoms with E-state index in [1.807, 2.05) is 0 Å². The third-order valence-electron chi connectivity index (χ3n) is 3.69. The van der Waals surface area contributed by atoms with Crippen LogP contribution in [0, 0.1) is 5.92 Å². The lowest BCUT2D eigenvalue weighted by Crippen LogP contribution is -2.40. The van der Waals surface area contributed by atoms with Crippen LogP contribution in [0.2, 0.25) is 0 Å². The van der Waals surface area contributed by atoms with Gasteiger partial charge >= 0.3 is 0 Å². The Hall–Kier alpha value is -0.900. The Morgan fingerprint density at radius 2 is 2.28 bits per heavy atom. The molecule has 0 radical (unpaired) electrons. The van der Waals surface area contributed by atoms with Gasteiger partial charge in [0.25, 0.3) is 0 Å². The maximum Gasteiger partial charge on any atom is 0.186 e. The van der Waals surface area contributed by atoms with E-state index in [1.165, 1.54) is 12.8 Å². The Balaban J connectivity index is 2.20. The Morgan fingerprint density at radius 1 is 1.50 bits per heavy atom. The highest BCUT2D eigenvalue weighted by atomic mass is 32.1. The number of thiazole rings is 1. The van der Waals surface area contributed by atoms with Gasteiger partial charge in [0.2, 0.25) is 0 Å². The van der Waals surface area contributed by atoms with Gasteiger partial charge in [-0.15, -0.1) is 0 Å². The van der Waals surface area contributed by atoms with E-state index in [0.29, 0.717) is 6.04 Å². The number of anilines is 1. The second kappa shape index (κ2) is 5.83. The largest absolute Gasteiger partial charge is 0.345 e. The molecule has 0 aliphatic carbocycles. The number of aromatic nitrogens is 1. The lowest BCUT2D eigenvalue weighted by Gasteiger charge is -2.36. The van der Waals surface area contributed by atoms with E-state index in [-0.39, 0.29) is 0 Å². The van der Waals surface area contributed by atoms with Crippen molar-refractivity contribution < 1.29 is 4.79 Å². The average molecular weight is 266 g/mol. The Bertz CT molecular complexity index is 416. The lowest BCUT2D eigenvalue weighted by molar-refractivity contribution is 0.112. The molecule has 1 aromatic rings. The molecule has 1 aromatic heterocycles. The van der Waals surface area contributed by atoms with Gasteiger partial charge in [-0.2, -0.15) is 0 Å². The number of hydrogen-bond acceptors (Lipinski definition) is 4. The van der Waals surface area contributed by atoms with Crippen LogP contribution in [0.5, 0.6) is 0 Å². The number of rotatable bonds is 4. The van der Waals surface area contributed by atoms with Crippen LogP contribution in [0.25, 0.3) is 0 Å². The monoisotopic (exact) mass is 266 g/mol. The second-order valence-electron chi connectivity index (χ2n) is 5.35. The summed E-state index contributed by atoms with van der Waals surface area (Å²) in [6.45, 7) is 7.77. The van der Waals surface area contributed by atoms with Gasteiger partial charge < -0.3 is 4.90 Å². The van der Waals surface area contributed by atoms with Crippen molar-refractivity contribution in [2.45, 2.75) is 52.5 Å². The minimum Gasteiger partial charge on any atom is -0.345 e. The fourth-order valence-electron chi connectivity index (χ4n) is 2.67. The fraction of sp³-hybridized carbons (Fsp3) is 0.714. The molecule has 0 saturated carbocycles. The summed E-state index contributed by atoms with van der Waals surface area (Å²) in [5, 5.41) is 1.04. The maximum atomic E-state index is 11.1. The van der Waals surface area contributed by atoms with Gasteiger partial charge in [0.05, 0.1) is 10.6 Å². The van der Waals surface area contributed by atoms with Gasteiger partial charge in [-0.3, -0.25) is 4.79 Å². The summed E-state index contributed by atoms with van der Waals surface area (Å²) in [5.41, 5.74) is 0.985. The predicted octanol–water partition coefficient (Wildman–Crippen LogP) is 3.53. The van der Waals surface area contributed by atoms with E-state index in [4.69, 9.17) is 0 Å². The topological polar surface area (TPSA) is 33.2 Å². The smallest absolute Gasteiger partial charge is 0.186 e. The highest BCUT2D eigenvalue weighted by Gasteiger charge is 2.26. The number of aryl methyl sites for hydroxylation is 1. The molecule has 1 aliphatic heterocycles. The van der Waals surface area contributed by atoms with Crippen LogP contribution in [0.4, 0.5) is 5.13 Å². The molecule has 3 nitrogen and oxygen atoms in total. The van der Waals surface area contributed by atoms with Crippen molar-refractivity contribution in [2.24, 2.45) is 5.92 Å². The molecule has 0 amide bonds. The molecule has 2 atom stereocenters. The summed E-state index contributed by atoms with van der Waals surface area (Å²) in [6, 6.07) is 0.536. The SMILES string of the molecule is CCCc1nc(N2CCC(C)CC2C)sc1C=O. The Morgan fingerprint density at radius 3 is 2.89 bits per heavy atom. The number of carbonyl (C=O) groups is 1. The zero-order chi connectivity index (χ0) is 13.1. The van der Waals surface area contributed by atoms with Crippen LogP contribution in [-0.4, -0.2) is 23.9 Å². The van der Waals surface area contributed by atoms with Gasteiger partial charge in [-0.05, 0) is 32.1 Å². The van der Waals surface area contributed by atoms with Crippen molar-refractivity contribution in [3.05, 3.63) is 10.6 Å². The molecule has 1 saturated heterocycles. The lowest BCUT2D eigenvalue weighted by atomic mass is 9.94. The zero-order valence-corrected chi connectivity index (χ0v) is 12.3. The third kappa shape index (κ3) is 2.74. The van der Waals surface area contributed by atoms with Crippen LogP contribution < -0.4 is 4.90 Å². The third-order valence-corrected chi connectivity index (χ3v) is 4.75. The molecule has 1 fully saturated rings. The molecular formula is C14H22N2OS. The van der Waals surface area contributed by atoms with Gasteiger partial charge in [0.15, 0.2) is 11.4 Å². The quantitative estimate of drug-likeness (QED) is 0.782. The van der Waals surface area contributed by atoms with E-state index < -0.39 is 0 Å². The normalized spacial score (nSPS) is 24.3. The zero-order valence-electron chi connectivity index (χ0n) is 11.5. The van der Waals surface area contributed by atoms with Crippen molar-refractivity contribution in [2.75, 3.05) is 11.4 Å². The highest BCUT2D eigenvalue weighted by molar-refractivity contribution is 7.17. The molecule has 0 aromatic carbocycles. The standard InChI is InChI=1S/C14H22N2OS/c1-4-5-12-13(9-17)18-14(15-12)16-7-6-10(2)8-11(16)3/h9-11H,4-8H2,1-3H3. The molecule has 4 heteroatoms. The van der Waals surface area contributed by atoms with Crippen LogP contribution in [-0.2, 0) is 6.42 Å². The van der Waals surface area contributed by atoms with Gasteiger partial charge in [-0.1, -0.05) is 31.6 Å². The van der Waals surface area contributed by atoms with Gasteiger partial charge in [0.1, 0.15) is 0 Å². The van der Waals surface area contributed by atoms with Crippen LogP contribution in [0.3, 0.4) is 0 Å². The van der Waals surface area contributed by atoms with E-state index in [0.717, 1.165) is 47.3 Å². The highest BCUT2D eigenvalue weighted by Crippen LogP contribution is 2.32. The molecule has 0 spiro atoms. The maximum absolute atomic E-state index is 11.1. The predicted molar refractivity (Wildman–Crippen MR) is 76.7 cm³/mol. The summed E-state index contributed by atoms with van der Waals surface area (Å²) in [5.74, 6) is 0.803. The molecule has 100 valence electrons. The van der Waals surface area contributed by atoms with E-state index >= 15 is 0 Å². The molecule has 0 N–H and O–H groups in total. The summed E-state index contributed by atoms with van der Waals surface area (Å²) in [4.78, 5) is 19.0. The minimum atomic E-state index is 0.536. The van der Waals surface area contributed by atoms with Crippen LogP contribution in [0.15, 0.2) is 0 Å². The second-order valence-corrected chi connectivity index (χ2v) is 6.36. The summed E-state index contributed by atoms with van der Waals surface area (Å²) in [6.07, 6.45) is 5.35. The average Bonchev–Trinajstić information content (AvgIpc) is 2.72. The number of nitrogens with zero attached hydrogens (tertiary/aromatic N) is 2. The van der Waals surface area contributed by atoms with Crippen LogP contribution in [0.1, 0.15) is 55.4 Å². The minimum absolute atomic E-state index is 0.536. The van der Waals surface area contributed by atoms with E-state index in [2.05, 4.69) is 30.7 Å². The van der Waals surface area contributed by atoms with Crippen molar-refractivity contribution in [3.8, 4) is 0 Å². The first-order chi connectivity index (χ1) is 8.65. The summed E-state index contributed by atoms with van der Waals surface area (Å²) < 4.78 is 0. The Kier molecular flexibility index (Phi) is 4.38. The van der Waals surface area contributed by atoms with Crippen molar-refractivity contribution in [3.63, 3.8) is 0 Å².